The van der Waals surface area contributed by atoms with Crippen molar-refractivity contribution in [2.75, 3.05) is 7.05 Å². The summed E-state index contributed by atoms with van der Waals surface area (Å²) in [5.41, 5.74) is 1.73. The van der Waals surface area contributed by atoms with E-state index in [4.69, 9.17) is 5.41 Å². The number of thiophene rings is 2. The molecule has 0 unspecified atom stereocenters. The molecule has 0 bridgehead atoms. The van der Waals surface area contributed by atoms with Crippen LogP contribution in [-0.2, 0) is 10.3 Å². The van der Waals surface area contributed by atoms with E-state index in [1.165, 1.54) is 25.4 Å². The van der Waals surface area contributed by atoms with Gasteiger partial charge in [0, 0.05) is 33.0 Å². The number of benzene rings is 1. The Kier molecular flexibility index (Phi) is 3.47. The van der Waals surface area contributed by atoms with Gasteiger partial charge in [-0.05, 0) is 36.1 Å². The second-order valence-electron chi connectivity index (χ2n) is 6.27. The normalized spacial score (nSPS) is 21.3. The Balaban J connectivity index is 1.81. The highest BCUT2D eigenvalue weighted by Gasteiger charge is 2.38. The number of amides is 1. The molecule has 6 heteroatoms. The van der Waals surface area contributed by atoms with Crippen molar-refractivity contribution in [1.29, 1.82) is 5.41 Å². The van der Waals surface area contributed by atoms with Gasteiger partial charge in [0.05, 0.1) is 12.0 Å². The molecular weight excluding hydrogens is 338 g/mol. The molecule has 1 aliphatic heterocycles. The number of guanidine groups is 1. The number of carbonyl (C=O) groups excluding carboxylic acids is 1. The highest BCUT2D eigenvalue weighted by Crippen LogP contribution is 2.39. The summed E-state index contributed by atoms with van der Waals surface area (Å²) in [6, 6.07) is 10.5. The summed E-state index contributed by atoms with van der Waals surface area (Å²) < 4.78 is 1.24. The number of rotatable bonds is 2. The van der Waals surface area contributed by atoms with Crippen molar-refractivity contribution in [3.63, 3.8) is 0 Å². The summed E-state index contributed by atoms with van der Waals surface area (Å²) >= 11 is 3.47. The summed E-state index contributed by atoms with van der Waals surface area (Å²) in [5.74, 6) is 0.114. The Morgan fingerprint density at radius 2 is 2.12 bits per heavy atom. The largest absolute Gasteiger partial charge is 0.346 e. The van der Waals surface area contributed by atoms with Crippen LogP contribution in [0.25, 0.3) is 20.5 Å². The Labute approximate surface area is 148 Å². The first-order chi connectivity index (χ1) is 11.5. The Morgan fingerprint density at radius 3 is 2.83 bits per heavy atom. The molecule has 2 N–H and O–H groups in total. The second-order valence-corrected chi connectivity index (χ2v) is 8.13. The van der Waals surface area contributed by atoms with Crippen molar-refractivity contribution in [3.05, 3.63) is 46.7 Å². The predicted octanol–water partition coefficient (Wildman–Crippen LogP) is 4.23. The summed E-state index contributed by atoms with van der Waals surface area (Å²) in [4.78, 5) is 14.8. The zero-order valence-corrected chi connectivity index (χ0v) is 15.1. The van der Waals surface area contributed by atoms with Gasteiger partial charge in [-0.25, -0.2) is 0 Å². The molecule has 1 atom stereocenters. The van der Waals surface area contributed by atoms with Gasteiger partial charge >= 0.3 is 0 Å². The van der Waals surface area contributed by atoms with Crippen LogP contribution in [0.15, 0.2) is 41.1 Å². The highest BCUT2D eigenvalue weighted by atomic mass is 32.1. The minimum Gasteiger partial charge on any atom is -0.346 e. The first-order valence-electron chi connectivity index (χ1n) is 7.67. The maximum absolute atomic E-state index is 12.2. The summed E-state index contributed by atoms with van der Waals surface area (Å²) in [7, 11) is 1.63. The van der Waals surface area contributed by atoms with E-state index in [2.05, 4.69) is 46.4 Å². The van der Waals surface area contributed by atoms with E-state index >= 15 is 0 Å². The molecule has 1 fully saturated rings. The van der Waals surface area contributed by atoms with Gasteiger partial charge in [-0.3, -0.25) is 15.1 Å². The van der Waals surface area contributed by atoms with Crippen LogP contribution in [0, 0.1) is 5.41 Å². The lowest BCUT2D eigenvalue weighted by Gasteiger charge is -2.39. The molecule has 0 saturated carbocycles. The predicted molar refractivity (Wildman–Crippen MR) is 101 cm³/mol. The average Bonchev–Trinajstić information content (AvgIpc) is 3.20. The standard InChI is InChI=1S/C18H17N3OS2/c1-18(9-16(22)21(2)17(19)20-18)11-5-6-15-12(8-11)13(10-24-15)14-4-3-7-23-14/h3-8,10H,9H2,1-2H3,(H2,19,20)/t18-/m0/s1. The van der Waals surface area contributed by atoms with Crippen LogP contribution >= 0.6 is 22.7 Å². The van der Waals surface area contributed by atoms with Crippen molar-refractivity contribution in [1.82, 2.24) is 10.2 Å². The molecule has 1 saturated heterocycles. The molecule has 0 aliphatic carbocycles. The van der Waals surface area contributed by atoms with E-state index < -0.39 is 5.54 Å². The number of fused-ring (bicyclic) bond motifs is 1. The fraction of sp³-hybridized carbons (Fsp3) is 0.222. The van der Waals surface area contributed by atoms with Gasteiger partial charge in [-0.15, -0.1) is 22.7 Å². The Bertz CT molecular complexity index is 924. The van der Waals surface area contributed by atoms with Gasteiger partial charge in [-0.1, -0.05) is 12.1 Å². The first-order valence-corrected chi connectivity index (χ1v) is 9.43. The Morgan fingerprint density at radius 1 is 1.29 bits per heavy atom. The SMILES string of the molecule is CN1C(=N)N[C@](C)(c2ccc3scc(-c4cccs4)c3c2)CC1=O. The number of carbonyl (C=O) groups is 1. The van der Waals surface area contributed by atoms with Crippen LogP contribution in [0.1, 0.15) is 18.9 Å². The van der Waals surface area contributed by atoms with Crippen molar-refractivity contribution >= 4 is 44.6 Å². The van der Waals surface area contributed by atoms with Gasteiger partial charge in [-0.2, -0.15) is 0 Å². The molecule has 1 aromatic carbocycles. The molecular formula is C18H17N3OS2. The zero-order valence-electron chi connectivity index (χ0n) is 13.4. The maximum atomic E-state index is 12.2. The molecule has 24 heavy (non-hydrogen) atoms. The van der Waals surface area contributed by atoms with Gasteiger partial charge in [0.25, 0.3) is 0 Å². The van der Waals surface area contributed by atoms with E-state index in [0.29, 0.717) is 6.42 Å². The molecule has 0 radical (unpaired) electrons. The van der Waals surface area contributed by atoms with Crippen molar-refractivity contribution in [2.24, 2.45) is 0 Å². The second kappa shape index (κ2) is 5.43. The van der Waals surface area contributed by atoms with E-state index in [1.54, 1.807) is 29.7 Å². The average molecular weight is 355 g/mol. The van der Waals surface area contributed by atoms with E-state index in [1.807, 2.05) is 6.92 Å². The molecule has 1 amide bonds. The molecule has 4 nitrogen and oxygen atoms in total. The van der Waals surface area contributed by atoms with Crippen molar-refractivity contribution in [2.45, 2.75) is 18.9 Å². The topological polar surface area (TPSA) is 56.2 Å². The van der Waals surface area contributed by atoms with Gasteiger partial charge in [0.1, 0.15) is 0 Å². The van der Waals surface area contributed by atoms with Crippen LogP contribution in [-0.4, -0.2) is 23.8 Å². The van der Waals surface area contributed by atoms with Gasteiger partial charge in [0.2, 0.25) is 5.91 Å². The van der Waals surface area contributed by atoms with Crippen molar-refractivity contribution < 1.29 is 4.79 Å². The van der Waals surface area contributed by atoms with Crippen LogP contribution in [0.5, 0.6) is 0 Å². The van der Waals surface area contributed by atoms with Crippen LogP contribution in [0.4, 0.5) is 0 Å². The van der Waals surface area contributed by atoms with Gasteiger partial charge in [0.15, 0.2) is 5.96 Å². The third-order valence-electron chi connectivity index (χ3n) is 4.61. The molecule has 3 aromatic rings. The third kappa shape index (κ3) is 2.34. The molecule has 4 rings (SSSR count). The smallest absolute Gasteiger partial charge is 0.231 e. The molecule has 1 aliphatic rings. The minimum absolute atomic E-state index is 0.0369. The summed E-state index contributed by atoms with van der Waals surface area (Å²) in [5, 5.41) is 16.7. The van der Waals surface area contributed by atoms with Crippen molar-refractivity contribution in [3.8, 4) is 10.4 Å². The lowest BCUT2D eigenvalue weighted by molar-refractivity contribution is -0.129. The first kappa shape index (κ1) is 15.4. The highest BCUT2D eigenvalue weighted by molar-refractivity contribution is 7.19. The number of hydrogen-bond acceptors (Lipinski definition) is 4. The van der Waals surface area contributed by atoms with E-state index in [-0.39, 0.29) is 11.9 Å². The minimum atomic E-state index is -0.552. The summed E-state index contributed by atoms with van der Waals surface area (Å²) in [6.07, 6.45) is 0.343. The molecule has 0 spiro atoms. The number of hydrogen-bond donors (Lipinski definition) is 2. The van der Waals surface area contributed by atoms with E-state index in [0.717, 1.165) is 5.56 Å². The van der Waals surface area contributed by atoms with Crippen LogP contribution < -0.4 is 5.32 Å². The zero-order chi connectivity index (χ0) is 16.9. The van der Waals surface area contributed by atoms with Crippen LogP contribution in [0.3, 0.4) is 0 Å². The fourth-order valence-electron chi connectivity index (χ4n) is 3.10. The monoisotopic (exact) mass is 355 g/mol. The van der Waals surface area contributed by atoms with Crippen LogP contribution in [0.2, 0.25) is 0 Å². The van der Waals surface area contributed by atoms with Gasteiger partial charge < -0.3 is 5.32 Å². The molecule has 2 aromatic heterocycles. The Hall–Kier alpha value is -2.18. The lowest BCUT2D eigenvalue weighted by Crippen LogP contribution is -2.58. The summed E-state index contributed by atoms with van der Waals surface area (Å²) in [6.45, 7) is 1.99. The molecule has 3 heterocycles. The quantitative estimate of drug-likeness (QED) is 0.723. The fourth-order valence-corrected chi connectivity index (χ4v) is 4.88. The molecule has 122 valence electrons. The maximum Gasteiger partial charge on any atom is 0.231 e. The van der Waals surface area contributed by atoms with E-state index in [9.17, 15) is 4.79 Å². The number of nitrogens with zero attached hydrogens (tertiary/aromatic N) is 1. The lowest BCUT2D eigenvalue weighted by atomic mass is 9.86. The third-order valence-corrected chi connectivity index (χ3v) is 6.47. The number of nitrogens with one attached hydrogen (secondary N) is 2.